The van der Waals surface area contributed by atoms with Crippen molar-refractivity contribution in [2.75, 3.05) is 20.2 Å². The quantitative estimate of drug-likeness (QED) is 0.712. The lowest BCUT2D eigenvalue weighted by Crippen LogP contribution is -2.22. The fourth-order valence-electron chi connectivity index (χ4n) is 2.04. The second-order valence-corrected chi connectivity index (χ2v) is 5.55. The fourth-order valence-corrected chi connectivity index (χ4v) is 2.04. The molecule has 0 fully saturated rings. The molecule has 0 aliphatic carbocycles. The molecule has 2 nitrogen and oxygen atoms in total. The summed E-state index contributed by atoms with van der Waals surface area (Å²) in [4.78, 5) is 0. The molecule has 1 unspecified atom stereocenters. The maximum absolute atomic E-state index is 5.25. The largest absolute Gasteiger partial charge is 0.497 e. The van der Waals surface area contributed by atoms with Crippen molar-refractivity contribution in [1.82, 2.24) is 5.32 Å². The van der Waals surface area contributed by atoms with Crippen LogP contribution in [0.5, 0.6) is 5.75 Å². The van der Waals surface area contributed by atoms with E-state index in [1.54, 1.807) is 7.11 Å². The van der Waals surface area contributed by atoms with Crippen LogP contribution in [0.3, 0.4) is 0 Å². The average Bonchev–Trinajstić information content (AvgIpc) is 2.34. The minimum absolute atomic E-state index is 0.705. The minimum Gasteiger partial charge on any atom is -0.497 e. The highest BCUT2D eigenvalue weighted by Crippen LogP contribution is 2.17. The van der Waals surface area contributed by atoms with E-state index in [0.717, 1.165) is 31.2 Å². The zero-order valence-electron chi connectivity index (χ0n) is 12.2. The Balaban J connectivity index is 2.28. The standard InChI is InChI=1S/C16H27NO/c1-13(2)12-17-9-8-14(3)10-15-6-5-7-16(11-15)18-4/h5-7,11,13-14,17H,8-10,12H2,1-4H3. The van der Waals surface area contributed by atoms with Gasteiger partial charge < -0.3 is 10.1 Å². The van der Waals surface area contributed by atoms with Gasteiger partial charge in [-0.25, -0.2) is 0 Å². The van der Waals surface area contributed by atoms with Gasteiger partial charge in [-0.15, -0.1) is 0 Å². The molecule has 2 heteroatoms. The molecule has 1 aromatic rings. The monoisotopic (exact) mass is 249 g/mol. The summed E-state index contributed by atoms with van der Waals surface area (Å²) in [7, 11) is 1.72. The van der Waals surface area contributed by atoms with E-state index >= 15 is 0 Å². The van der Waals surface area contributed by atoms with Crippen molar-refractivity contribution >= 4 is 0 Å². The Labute approximate surface area is 112 Å². The lowest BCUT2D eigenvalue weighted by Gasteiger charge is -2.13. The average molecular weight is 249 g/mol. The highest BCUT2D eigenvalue weighted by atomic mass is 16.5. The van der Waals surface area contributed by atoms with Gasteiger partial charge in [-0.2, -0.15) is 0 Å². The molecule has 18 heavy (non-hydrogen) atoms. The predicted molar refractivity (Wildman–Crippen MR) is 78.2 cm³/mol. The van der Waals surface area contributed by atoms with Crippen molar-refractivity contribution in [2.24, 2.45) is 11.8 Å². The summed E-state index contributed by atoms with van der Waals surface area (Å²) in [5.41, 5.74) is 1.37. The second-order valence-electron chi connectivity index (χ2n) is 5.55. The third-order valence-corrected chi connectivity index (χ3v) is 3.08. The van der Waals surface area contributed by atoms with Crippen molar-refractivity contribution in [2.45, 2.75) is 33.6 Å². The van der Waals surface area contributed by atoms with E-state index in [0.29, 0.717) is 5.92 Å². The number of nitrogens with one attached hydrogen (secondary N) is 1. The Bertz CT molecular complexity index is 336. The van der Waals surface area contributed by atoms with Gasteiger partial charge in [0.1, 0.15) is 5.75 Å². The van der Waals surface area contributed by atoms with Crippen LogP contribution in [0.25, 0.3) is 0 Å². The van der Waals surface area contributed by atoms with Gasteiger partial charge in [-0.1, -0.05) is 32.9 Å². The van der Waals surface area contributed by atoms with Crippen LogP contribution in [0.2, 0.25) is 0 Å². The number of benzene rings is 1. The smallest absolute Gasteiger partial charge is 0.119 e. The molecule has 0 aromatic heterocycles. The molecule has 0 heterocycles. The molecule has 102 valence electrons. The molecule has 1 N–H and O–H groups in total. The Kier molecular flexibility index (Phi) is 6.81. The van der Waals surface area contributed by atoms with E-state index in [4.69, 9.17) is 4.74 Å². The lowest BCUT2D eigenvalue weighted by molar-refractivity contribution is 0.413. The molecule has 0 aliphatic heterocycles. The SMILES string of the molecule is COc1cccc(CC(C)CCNCC(C)C)c1. The summed E-state index contributed by atoms with van der Waals surface area (Å²) in [5.74, 6) is 2.40. The first-order chi connectivity index (χ1) is 8.61. The van der Waals surface area contributed by atoms with Crippen molar-refractivity contribution in [3.8, 4) is 5.75 Å². The summed E-state index contributed by atoms with van der Waals surface area (Å²) in [6.07, 6.45) is 2.35. The van der Waals surface area contributed by atoms with E-state index in [1.165, 1.54) is 12.0 Å². The molecule has 1 aromatic carbocycles. The Morgan fingerprint density at radius 1 is 1.22 bits per heavy atom. The molecule has 0 spiro atoms. The summed E-state index contributed by atoms with van der Waals surface area (Å²) in [6, 6.07) is 8.38. The summed E-state index contributed by atoms with van der Waals surface area (Å²) >= 11 is 0. The van der Waals surface area contributed by atoms with Gasteiger partial charge in [-0.05, 0) is 55.5 Å². The van der Waals surface area contributed by atoms with Crippen LogP contribution in [0.15, 0.2) is 24.3 Å². The van der Waals surface area contributed by atoms with Crippen LogP contribution in [-0.4, -0.2) is 20.2 Å². The Morgan fingerprint density at radius 3 is 2.67 bits per heavy atom. The van der Waals surface area contributed by atoms with Crippen LogP contribution in [0.1, 0.15) is 32.8 Å². The fraction of sp³-hybridized carbons (Fsp3) is 0.625. The van der Waals surface area contributed by atoms with E-state index in [2.05, 4.69) is 44.3 Å². The Morgan fingerprint density at radius 2 is 2.00 bits per heavy atom. The molecule has 0 amide bonds. The first kappa shape index (κ1) is 15.0. The molecule has 0 bridgehead atoms. The van der Waals surface area contributed by atoms with E-state index in [9.17, 15) is 0 Å². The van der Waals surface area contributed by atoms with Gasteiger partial charge >= 0.3 is 0 Å². The van der Waals surface area contributed by atoms with Gasteiger partial charge in [0.15, 0.2) is 0 Å². The van der Waals surface area contributed by atoms with Gasteiger partial charge in [-0.3, -0.25) is 0 Å². The third kappa shape index (κ3) is 6.06. The molecule has 0 saturated carbocycles. The number of hydrogen-bond donors (Lipinski definition) is 1. The van der Waals surface area contributed by atoms with Crippen molar-refractivity contribution in [3.05, 3.63) is 29.8 Å². The number of methoxy groups -OCH3 is 1. The highest BCUT2D eigenvalue weighted by Gasteiger charge is 2.04. The van der Waals surface area contributed by atoms with Crippen LogP contribution in [-0.2, 0) is 6.42 Å². The van der Waals surface area contributed by atoms with Crippen molar-refractivity contribution in [1.29, 1.82) is 0 Å². The zero-order valence-corrected chi connectivity index (χ0v) is 12.2. The number of rotatable bonds is 8. The van der Waals surface area contributed by atoms with Crippen molar-refractivity contribution in [3.63, 3.8) is 0 Å². The normalized spacial score (nSPS) is 12.7. The predicted octanol–water partition coefficient (Wildman–Crippen LogP) is 3.51. The molecule has 0 aliphatic rings. The Hall–Kier alpha value is -1.02. The molecule has 0 radical (unpaired) electrons. The third-order valence-electron chi connectivity index (χ3n) is 3.08. The molecule has 1 atom stereocenters. The van der Waals surface area contributed by atoms with Gasteiger partial charge in [0, 0.05) is 0 Å². The minimum atomic E-state index is 0.705. The lowest BCUT2D eigenvalue weighted by atomic mass is 9.98. The van der Waals surface area contributed by atoms with Crippen LogP contribution in [0, 0.1) is 11.8 Å². The highest BCUT2D eigenvalue weighted by molar-refractivity contribution is 5.28. The maximum atomic E-state index is 5.25. The second kappa shape index (κ2) is 8.15. The van der Waals surface area contributed by atoms with Gasteiger partial charge in [0.25, 0.3) is 0 Å². The van der Waals surface area contributed by atoms with E-state index < -0.39 is 0 Å². The van der Waals surface area contributed by atoms with E-state index in [-0.39, 0.29) is 0 Å². The maximum Gasteiger partial charge on any atom is 0.119 e. The van der Waals surface area contributed by atoms with Crippen LogP contribution in [0.4, 0.5) is 0 Å². The van der Waals surface area contributed by atoms with Crippen molar-refractivity contribution < 1.29 is 4.74 Å². The first-order valence-corrected chi connectivity index (χ1v) is 6.95. The van der Waals surface area contributed by atoms with Gasteiger partial charge in [0.05, 0.1) is 7.11 Å². The molecular formula is C16H27NO. The number of hydrogen-bond acceptors (Lipinski definition) is 2. The molecule has 0 saturated heterocycles. The van der Waals surface area contributed by atoms with Gasteiger partial charge in [0.2, 0.25) is 0 Å². The zero-order chi connectivity index (χ0) is 13.4. The molecular weight excluding hydrogens is 222 g/mol. The van der Waals surface area contributed by atoms with E-state index in [1.807, 2.05) is 6.07 Å². The number of ether oxygens (including phenoxy) is 1. The summed E-state index contributed by atoms with van der Waals surface area (Å²) < 4.78 is 5.25. The van der Waals surface area contributed by atoms with Crippen LogP contribution < -0.4 is 10.1 Å². The first-order valence-electron chi connectivity index (χ1n) is 6.95. The summed E-state index contributed by atoms with van der Waals surface area (Å²) in [5, 5.41) is 3.50. The van der Waals surface area contributed by atoms with Crippen LogP contribution >= 0.6 is 0 Å². The summed E-state index contributed by atoms with van der Waals surface area (Å²) in [6.45, 7) is 9.03. The molecule has 1 rings (SSSR count). The topological polar surface area (TPSA) is 21.3 Å².